The standard InChI is InChI=1S/C16H14Cl2FN5O/c1-10-15(18)6-21-24(10)9-16(25)22-13-5-20-23(8-13)7-11-2-3-12(19)4-14(11)17/h2-6,8H,7,9H2,1H3,(H,22,25). The van der Waals surface area contributed by atoms with Crippen molar-refractivity contribution in [3.05, 3.63) is 63.9 Å². The molecule has 0 aliphatic heterocycles. The summed E-state index contributed by atoms with van der Waals surface area (Å²) >= 11 is 11.9. The highest BCUT2D eigenvalue weighted by atomic mass is 35.5. The molecule has 9 heteroatoms. The fourth-order valence-electron chi connectivity index (χ4n) is 2.26. The van der Waals surface area contributed by atoms with E-state index in [9.17, 15) is 9.18 Å². The lowest BCUT2D eigenvalue weighted by Gasteiger charge is -2.05. The van der Waals surface area contributed by atoms with Gasteiger partial charge in [-0.2, -0.15) is 10.2 Å². The summed E-state index contributed by atoms with van der Waals surface area (Å²) in [7, 11) is 0. The Labute approximate surface area is 153 Å². The second-order valence-electron chi connectivity index (χ2n) is 5.45. The van der Waals surface area contributed by atoms with Crippen molar-refractivity contribution in [3.63, 3.8) is 0 Å². The highest BCUT2D eigenvalue weighted by Crippen LogP contribution is 2.19. The van der Waals surface area contributed by atoms with Gasteiger partial charge in [-0.1, -0.05) is 29.3 Å². The summed E-state index contributed by atoms with van der Waals surface area (Å²) in [4.78, 5) is 12.1. The fourth-order valence-corrected chi connectivity index (χ4v) is 2.63. The number of carbonyl (C=O) groups is 1. The predicted octanol–water partition coefficient (Wildman–Crippen LogP) is 3.52. The second kappa shape index (κ2) is 7.25. The van der Waals surface area contributed by atoms with Gasteiger partial charge < -0.3 is 5.32 Å². The van der Waals surface area contributed by atoms with Gasteiger partial charge in [0, 0.05) is 11.2 Å². The number of hydrogen-bond donors (Lipinski definition) is 1. The number of halogens is 3. The monoisotopic (exact) mass is 381 g/mol. The average molecular weight is 382 g/mol. The minimum absolute atomic E-state index is 0.0491. The van der Waals surface area contributed by atoms with Crippen molar-refractivity contribution in [1.29, 1.82) is 0 Å². The maximum atomic E-state index is 13.1. The van der Waals surface area contributed by atoms with E-state index in [0.29, 0.717) is 22.3 Å². The maximum absolute atomic E-state index is 13.1. The summed E-state index contributed by atoms with van der Waals surface area (Å²) < 4.78 is 16.2. The normalized spacial score (nSPS) is 10.9. The molecule has 0 radical (unpaired) electrons. The number of hydrogen-bond acceptors (Lipinski definition) is 3. The third-order valence-corrected chi connectivity index (χ3v) is 4.32. The quantitative estimate of drug-likeness (QED) is 0.735. The minimum atomic E-state index is -0.392. The van der Waals surface area contributed by atoms with Gasteiger partial charge in [-0.25, -0.2) is 4.39 Å². The summed E-state index contributed by atoms with van der Waals surface area (Å²) in [5, 5.41) is 11.8. The van der Waals surface area contributed by atoms with E-state index in [2.05, 4.69) is 15.5 Å². The number of amides is 1. The van der Waals surface area contributed by atoms with Crippen molar-refractivity contribution in [3.8, 4) is 0 Å². The van der Waals surface area contributed by atoms with Gasteiger partial charge in [0.05, 0.1) is 35.3 Å². The Morgan fingerprint density at radius 2 is 2.04 bits per heavy atom. The first kappa shape index (κ1) is 17.4. The first-order chi connectivity index (χ1) is 11.9. The van der Waals surface area contributed by atoms with Gasteiger partial charge in [0.2, 0.25) is 5.91 Å². The molecule has 0 saturated carbocycles. The van der Waals surface area contributed by atoms with Gasteiger partial charge >= 0.3 is 0 Å². The van der Waals surface area contributed by atoms with Crippen molar-refractivity contribution in [1.82, 2.24) is 19.6 Å². The zero-order valence-electron chi connectivity index (χ0n) is 13.2. The Bertz CT molecular complexity index is 921. The molecule has 130 valence electrons. The van der Waals surface area contributed by atoms with E-state index in [-0.39, 0.29) is 12.5 Å². The number of rotatable bonds is 5. The lowest BCUT2D eigenvalue weighted by molar-refractivity contribution is -0.116. The maximum Gasteiger partial charge on any atom is 0.246 e. The lowest BCUT2D eigenvalue weighted by atomic mass is 10.2. The van der Waals surface area contributed by atoms with E-state index < -0.39 is 5.82 Å². The number of aromatic nitrogens is 4. The van der Waals surface area contributed by atoms with Crippen LogP contribution in [0, 0.1) is 12.7 Å². The van der Waals surface area contributed by atoms with Crippen molar-refractivity contribution in [2.75, 3.05) is 5.32 Å². The molecule has 2 heterocycles. The zero-order valence-corrected chi connectivity index (χ0v) is 14.7. The van der Waals surface area contributed by atoms with Crippen LogP contribution in [0.3, 0.4) is 0 Å². The van der Waals surface area contributed by atoms with Crippen LogP contribution in [0.2, 0.25) is 10.0 Å². The lowest BCUT2D eigenvalue weighted by Crippen LogP contribution is -2.20. The fraction of sp³-hybridized carbons (Fsp3) is 0.188. The SMILES string of the molecule is Cc1c(Cl)cnn1CC(=O)Nc1cnn(Cc2ccc(F)cc2Cl)c1. The average Bonchev–Trinajstić information content (AvgIpc) is 3.11. The molecular formula is C16H14Cl2FN5O. The summed E-state index contributed by atoms with van der Waals surface area (Å²) in [5.41, 5.74) is 1.99. The van der Waals surface area contributed by atoms with Crippen molar-refractivity contribution < 1.29 is 9.18 Å². The molecule has 3 rings (SSSR count). The zero-order chi connectivity index (χ0) is 18.0. The third kappa shape index (κ3) is 4.18. The van der Waals surface area contributed by atoms with Gasteiger partial charge in [-0.3, -0.25) is 14.2 Å². The first-order valence-electron chi connectivity index (χ1n) is 7.36. The van der Waals surface area contributed by atoms with Crippen LogP contribution < -0.4 is 5.32 Å². The molecule has 1 aromatic carbocycles. The van der Waals surface area contributed by atoms with E-state index in [0.717, 1.165) is 11.3 Å². The van der Waals surface area contributed by atoms with Crippen LogP contribution >= 0.6 is 23.2 Å². The summed E-state index contributed by atoms with van der Waals surface area (Å²) in [6, 6.07) is 4.19. The molecule has 2 aromatic heterocycles. The van der Waals surface area contributed by atoms with E-state index in [1.807, 2.05) is 0 Å². The number of carbonyl (C=O) groups excluding carboxylic acids is 1. The molecule has 1 N–H and O–H groups in total. The smallest absolute Gasteiger partial charge is 0.246 e. The molecule has 1 amide bonds. The number of nitrogens with one attached hydrogen (secondary N) is 1. The molecule has 0 atom stereocenters. The van der Waals surface area contributed by atoms with Crippen LogP contribution in [0.5, 0.6) is 0 Å². The van der Waals surface area contributed by atoms with Crippen LogP contribution in [-0.4, -0.2) is 25.5 Å². The van der Waals surface area contributed by atoms with Crippen LogP contribution in [-0.2, 0) is 17.9 Å². The van der Waals surface area contributed by atoms with E-state index >= 15 is 0 Å². The molecule has 0 spiro atoms. The van der Waals surface area contributed by atoms with Gasteiger partial charge in [0.1, 0.15) is 12.4 Å². The Balaban J connectivity index is 1.63. The van der Waals surface area contributed by atoms with E-state index in [1.165, 1.54) is 29.2 Å². The Morgan fingerprint density at radius 3 is 2.72 bits per heavy atom. The Hall–Kier alpha value is -2.38. The molecule has 0 unspecified atom stereocenters. The van der Waals surface area contributed by atoms with Gasteiger partial charge in [-0.05, 0) is 24.6 Å². The third-order valence-electron chi connectivity index (χ3n) is 3.60. The van der Waals surface area contributed by atoms with Crippen LogP contribution in [0.4, 0.5) is 10.1 Å². The molecule has 0 fully saturated rings. The molecule has 0 aliphatic carbocycles. The molecule has 0 saturated heterocycles. The second-order valence-corrected chi connectivity index (χ2v) is 6.26. The van der Waals surface area contributed by atoms with E-state index in [1.54, 1.807) is 23.9 Å². The highest BCUT2D eigenvalue weighted by Gasteiger charge is 2.10. The van der Waals surface area contributed by atoms with Gasteiger partial charge in [-0.15, -0.1) is 0 Å². The van der Waals surface area contributed by atoms with Crippen LogP contribution in [0.25, 0.3) is 0 Å². The van der Waals surface area contributed by atoms with Crippen molar-refractivity contribution in [2.45, 2.75) is 20.0 Å². The molecule has 3 aromatic rings. The Morgan fingerprint density at radius 1 is 1.24 bits per heavy atom. The number of anilines is 1. The number of benzene rings is 1. The van der Waals surface area contributed by atoms with Gasteiger partial charge in [0.25, 0.3) is 0 Å². The largest absolute Gasteiger partial charge is 0.322 e. The highest BCUT2D eigenvalue weighted by molar-refractivity contribution is 6.31. The topological polar surface area (TPSA) is 64.7 Å². The summed E-state index contributed by atoms with van der Waals surface area (Å²) in [6.07, 6.45) is 4.69. The van der Waals surface area contributed by atoms with E-state index in [4.69, 9.17) is 23.2 Å². The van der Waals surface area contributed by atoms with Gasteiger partial charge in [0.15, 0.2) is 0 Å². The molecular weight excluding hydrogens is 368 g/mol. The predicted molar refractivity (Wildman–Crippen MR) is 93.3 cm³/mol. The summed E-state index contributed by atoms with van der Waals surface area (Å²) in [6.45, 7) is 2.20. The van der Waals surface area contributed by atoms with Crippen molar-refractivity contribution in [2.24, 2.45) is 0 Å². The Kier molecular flexibility index (Phi) is 5.06. The number of nitrogens with zero attached hydrogens (tertiary/aromatic N) is 4. The summed E-state index contributed by atoms with van der Waals surface area (Å²) in [5.74, 6) is -0.640. The first-order valence-corrected chi connectivity index (χ1v) is 8.12. The van der Waals surface area contributed by atoms with Crippen molar-refractivity contribution >= 4 is 34.8 Å². The van der Waals surface area contributed by atoms with Crippen LogP contribution in [0.15, 0.2) is 36.8 Å². The minimum Gasteiger partial charge on any atom is -0.322 e. The molecule has 0 aliphatic rings. The van der Waals surface area contributed by atoms with Crippen LogP contribution in [0.1, 0.15) is 11.3 Å². The molecule has 0 bridgehead atoms. The molecule has 25 heavy (non-hydrogen) atoms. The molecule has 6 nitrogen and oxygen atoms in total.